The number of carbonyl (C=O) groups excluding carboxylic acids is 1. The van der Waals surface area contributed by atoms with E-state index in [-0.39, 0.29) is 39.4 Å². The van der Waals surface area contributed by atoms with Crippen LogP contribution in [0.2, 0.25) is 5.02 Å². The van der Waals surface area contributed by atoms with E-state index in [1.54, 1.807) is 26.0 Å². The zero-order valence-electron chi connectivity index (χ0n) is 17.5. The molecule has 1 saturated heterocycles. The molecule has 1 N–H and O–H groups in total. The van der Waals surface area contributed by atoms with Gasteiger partial charge >= 0.3 is 0 Å². The second-order valence-corrected chi connectivity index (χ2v) is 11.3. The van der Waals surface area contributed by atoms with Gasteiger partial charge in [0.05, 0.1) is 34.7 Å². The monoisotopic (exact) mass is 486 g/mol. The normalized spacial score (nSPS) is 18.3. The quantitative estimate of drug-likeness (QED) is 0.669. The van der Waals surface area contributed by atoms with Gasteiger partial charge in [-0.15, -0.1) is 0 Å². The molecule has 1 atom stereocenters. The first-order chi connectivity index (χ1) is 14.4. The molecule has 0 radical (unpaired) electrons. The van der Waals surface area contributed by atoms with Crippen LogP contribution in [0, 0.1) is 19.8 Å². The van der Waals surface area contributed by atoms with E-state index in [0.717, 1.165) is 11.6 Å². The van der Waals surface area contributed by atoms with E-state index in [2.05, 4.69) is 4.72 Å². The first kappa shape index (κ1) is 23.4. The summed E-state index contributed by atoms with van der Waals surface area (Å²) in [4.78, 5) is 12.1. The second kappa shape index (κ2) is 8.33. The van der Waals surface area contributed by atoms with E-state index >= 15 is 0 Å². The molecule has 2 aromatic rings. The summed E-state index contributed by atoms with van der Waals surface area (Å²) in [5.41, 5.74) is 1.63. The summed E-state index contributed by atoms with van der Waals surface area (Å²) in [5, 5.41) is 0.223. The Kier molecular flexibility index (Phi) is 6.28. The fraction of sp³-hybridized carbons (Fsp3) is 0.350. The summed E-state index contributed by atoms with van der Waals surface area (Å²) >= 11 is 6.25. The minimum absolute atomic E-state index is 0.0247. The van der Waals surface area contributed by atoms with Gasteiger partial charge in [-0.1, -0.05) is 24.6 Å². The highest BCUT2D eigenvalue weighted by Gasteiger charge is 2.42. The molecule has 1 aliphatic heterocycles. The second-order valence-electron chi connectivity index (χ2n) is 7.39. The molecule has 1 unspecified atom stereocenters. The highest BCUT2D eigenvalue weighted by molar-refractivity contribution is 7.94. The third kappa shape index (κ3) is 4.51. The highest BCUT2D eigenvalue weighted by Crippen LogP contribution is 2.36. The Bertz CT molecular complexity index is 1240. The van der Waals surface area contributed by atoms with Gasteiger partial charge in [-0.2, -0.15) is 0 Å². The molecule has 3 rings (SSSR count). The van der Waals surface area contributed by atoms with Gasteiger partial charge in [-0.05, 0) is 56.2 Å². The predicted molar refractivity (Wildman–Crippen MR) is 120 cm³/mol. The molecule has 0 saturated carbocycles. The zero-order valence-corrected chi connectivity index (χ0v) is 19.9. The van der Waals surface area contributed by atoms with Crippen molar-refractivity contribution in [3.63, 3.8) is 0 Å². The number of sulfonamides is 2. The average molecular weight is 487 g/mol. The van der Waals surface area contributed by atoms with E-state index in [9.17, 15) is 21.6 Å². The highest BCUT2D eigenvalue weighted by atomic mass is 35.5. The molecule has 1 amide bonds. The number of benzene rings is 2. The van der Waals surface area contributed by atoms with Crippen molar-refractivity contribution in [2.75, 3.05) is 21.4 Å². The minimum Gasteiger partial charge on any atom is -0.492 e. The Morgan fingerprint density at radius 3 is 2.45 bits per heavy atom. The van der Waals surface area contributed by atoms with Gasteiger partial charge in [0.2, 0.25) is 15.9 Å². The van der Waals surface area contributed by atoms with Gasteiger partial charge < -0.3 is 4.74 Å². The Morgan fingerprint density at radius 1 is 1.23 bits per heavy atom. The van der Waals surface area contributed by atoms with Crippen molar-refractivity contribution in [2.24, 2.45) is 5.92 Å². The number of hydrogen-bond acceptors (Lipinski definition) is 6. The maximum atomic E-state index is 13.3. The zero-order chi connectivity index (χ0) is 23.1. The lowest BCUT2D eigenvalue weighted by atomic mass is 10.1. The van der Waals surface area contributed by atoms with Gasteiger partial charge in [-0.25, -0.2) is 21.1 Å². The topological polar surface area (TPSA) is 110 Å². The Labute approximate surface area is 187 Å². The Hall–Kier alpha value is -2.30. The number of ether oxygens (including phenoxy) is 1. The molecule has 11 heteroatoms. The van der Waals surface area contributed by atoms with Crippen LogP contribution in [0.3, 0.4) is 0 Å². The maximum Gasteiger partial charge on any atom is 0.265 e. The molecule has 2 aromatic carbocycles. The molecular weight excluding hydrogens is 464 g/mol. The number of carbonyl (C=O) groups is 1. The fourth-order valence-electron chi connectivity index (χ4n) is 3.43. The number of hydrogen-bond donors (Lipinski definition) is 1. The number of amides is 1. The number of aryl methyl sites for hydroxylation is 2. The van der Waals surface area contributed by atoms with Crippen LogP contribution >= 0.6 is 11.6 Å². The van der Waals surface area contributed by atoms with Crippen molar-refractivity contribution in [2.45, 2.75) is 32.6 Å². The van der Waals surface area contributed by atoms with E-state index in [4.69, 9.17) is 16.3 Å². The molecule has 1 fully saturated rings. The van der Waals surface area contributed by atoms with E-state index in [1.807, 2.05) is 6.92 Å². The summed E-state index contributed by atoms with van der Waals surface area (Å²) in [5.74, 6) is -1.64. The van der Waals surface area contributed by atoms with Gasteiger partial charge in [0.1, 0.15) is 10.6 Å². The lowest BCUT2D eigenvalue weighted by Crippen LogP contribution is -2.30. The van der Waals surface area contributed by atoms with Crippen molar-refractivity contribution in [1.29, 1.82) is 0 Å². The van der Waals surface area contributed by atoms with Crippen molar-refractivity contribution in [3.05, 3.63) is 46.5 Å². The van der Waals surface area contributed by atoms with E-state index < -0.39 is 31.9 Å². The van der Waals surface area contributed by atoms with Crippen LogP contribution in [-0.2, 0) is 24.8 Å². The molecule has 1 heterocycles. The first-order valence-electron chi connectivity index (χ1n) is 9.50. The van der Waals surface area contributed by atoms with Crippen LogP contribution in [0.5, 0.6) is 5.75 Å². The van der Waals surface area contributed by atoms with Crippen molar-refractivity contribution in [3.8, 4) is 5.75 Å². The number of anilines is 2. The molecule has 0 spiro atoms. The maximum absolute atomic E-state index is 13.3. The lowest BCUT2D eigenvalue weighted by Gasteiger charge is -2.19. The number of halogens is 1. The van der Waals surface area contributed by atoms with Crippen LogP contribution in [0.25, 0.3) is 0 Å². The van der Waals surface area contributed by atoms with Crippen LogP contribution in [0.1, 0.15) is 25.0 Å². The third-order valence-electron chi connectivity index (χ3n) is 4.78. The average Bonchev–Trinajstić information content (AvgIpc) is 2.86. The molecule has 0 aromatic heterocycles. The fourth-order valence-corrected chi connectivity index (χ4v) is 6.98. The van der Waals surface area contributed by atoms with Crippen molar-refractivity contribution < 1.29 is 26.4 Å². The van der Waals surface area contributed by atoms with Crippen LogP contribution < -0.4 is 13.8 Å². The summed E-state index contributed by atoms with van der Waals surface area (Å²) in [6.07, 6.45) is 0. The lowest BCUT2D eigenvalue weighted by molar-refractivity contribution is -0.119. The number of nitrogens with one attached hydrogen (secondary N) is 1. The van der Waals surface area contributed by atoms with Crippen LogP contribution in [0.15, 0.2) is 35.2 Å². The SMILES string of the molecule is CCOc1ccc(N2C(=O)C(C)CS2(=O)=O)cc1S(=O)(=O)Nc1c(C)cc(C)cc1Cl. The summed E-state index contributed by atoms with van der Waals surface area (Å²) < 4.78 is 60.0. The third-order valence-corrected chi connectivity index (χ3v) is 8.32. The molecule has 0 aliphatic carbocycles. The van der Waals surface area contributed by atoms with Crippen LogP contribution in [-0.4, -0.2) is 35.1 Å². The standard InChI is InChI=1S/C20H23ClN2O6S2/c1-5-29-17-7-6-15(23-20(24)14(4)11-30(23,25)26)10-18(17)31(27,28)22-19-13(3)8-12(2)9-16(19)21/h6-10,14,22H,5,11H2,1-4H3. The molecular formula is C20H23ClN2O6S2. The van der Waals surface area contributed by atoms with Crippen molar-refractivity contribution >= 4 is 48.9 Å². The summed E-state index contributed by atoms with van der Waals surface area (Å²) in [6.45, 7) is 6.94. The predicted octanol–water partition coefficient (Wildman–Crippen LogP) is 3.47. The smallest absolute Gasteiger partial charge is 0.265 e. The molecule has 8 nitrogen and oxygen atoms in total. The number of rotatable bonds is 6. The molecule has 168 valence electrons. The molecule has 31 heavy (non-hydrogen) atoms. The van der Waals surface area contributed by atoms with Crippen LogP contribution in [0.4, 0.5) is 11.4 Å². The Morgan fingerprint density at radius 2 is 1.90 bits per heavy atom. The van der Waals surface area contributed by atoms with E-state index in [0.29, 0.717) is 9.87 Å². The molecule has 0 bridgehead atoms. The van der Waals surface area contributed by atoms with Gasteiger partial charge in [0.25, 0.3) is 10.0 Å². The molecule has 1 aliphatic rings. The largest absolute Gasteiger partial charge is 0.492 e. The number of nitrogens with zero attached hydrogens (tertiary/aromatic N) is 1. The Balaban J connectivity index is 2.13. The van der Waals surface area contributed by atoms with Gasteiger partial charge in [0, 0.05) is 0 Å². The van der Waals surface area contributed by atoms with Gasteiger partial charge in [0.15, 0.2) is 0 Å². The first-order valence-corrected chi connectivity index (χ1v) is 13.0. The van der Waals surface area contributed by atoms with Gasteiger partial charge in [-0.3, -0.25) is 9.52 Å². The summed E-state index contributed by atoms with van der Waals surface area (Å²) in [6, 6.07) is 7.21. The summed E-state index contributed by atoms with van der Waals surface area (Å²) in [7, 11) is -8.13. The minimum atomic E-state index is -4.24. The van der Waals surface area contributed by atoms with E-state index in [1.165, 1.54) is 19.1 Å². The van der Waals surface area contributed by atoms with Crippen molar-refractivity contribution in [1.82, 2.24) is 0 Å².